The van der Waals surface area contributed by atoms with Crippen LogP contribution in [0.1, 0.15) is 20.8 Å². The third kappa shape index (κ3) is 8.49. The van der Waals surface area contributed by atoms with E-state index in [1.807, 2.05) is 20.8 Å². The summed E-state index contributed by atoms with van der Waals surface area (Å²) in [5, 5.41) is 13.6. The molecule has 0 aromatic heterocycles. The minimum Gasteiger partial charge on any atom is -0.480 e. The maximum atomic E-state index is 11.6. The molecule has 0 atom stereocenters. The molecule has 0 aliphatic carbocycles. The molecule has 0 aromatic rings. The van der Waals surface area contributed by atoms with Gasteiger partial charge >= 0.3 is 12.0 Å². The van der Waals surface area contributed by atoms with Gasteiger partial charge in [-0.05, 0) is 20.8 Å². The van der Waals surface area contributed by atoms with E-state index in [1.54, 1.807) is 0 Å². The predicted octanol–water partition coefficient (Wildman–Crippen LogP) is -0.369. The second-order valence-corrected chi connectivity index (χ2v) is 4.91. The molecule has 0 bridgehead atoms. The zero-order valence-electron chi connectivity index (χ0n) is 11.3. The van der Waals surface area contributed by atoms with Crippen LogP contribution in [0.4, 0.5) is 4.79 Å². The monoisotopic (exact) mass is 269 g/mol. The van der Waals surface area contributed by atoms with E-state index in [9.17, 15) is 14.4 Å². The summed E-state index contributed by atoms with van der Waals surface area (Å²) in [6, 6.07) is -0.690. The van der Waals surface area contributed by atoms with Crippen molar-refractivity contribution in [2.75, 3.05) is 19.6 Å². The number of terminal acetylenes is 1. The van der Waals surface area contributed by atoms with Crippen molar-refractivity contribution >= 4 is 17.9 Å². The number of urea groups is 1. The van der Waals surface area contributed by atoms with Crippen LogP contribution in [0.5, 0.6) is 0 Å². The molecule has 0 aromatic carbocycles. The normalized spacial score (nSPS) is 10.2. The SMILES string of the molecule is C#CCN(CC(=O)O)C(=O)NCC(=O)NC(C)(C)C. The minimum atomic E-state index is -1.18. The predicted molar refractivity (Wildman–Crippen MR) is 69.3 cm³/mol. The summed E-state index contributed by atoms with van der Waals surface area (Å²) < 4.78 is 0. The lowest BCUT2D eigenvalue weighted by atomic mass is 10.1. The Morgan fingerprint density at radius 3 is 2.32 bits per heavy atom. The Kier molecular flexibility index (Phi) is 6.41. The average molecular weight is 269 g/mol. The van der Waals surface area contributed by atoms with Gasteiger partial charge in [0.05, 0.1) is 13.1 Å². The van der Waals surface area contributed by atoms with Crippen molar-refractivity contribution < 1.29 is 19.5 Å². The summed E-state index contributed by atoms with van der Waals surface area (Å²) in [4.78, 5) is 34.5. The Morgan fingerprint density at radius 1 is 1.32 bits per heavy atom. The first-order valence-electron chi connectivity index (χ1n) is 5.64. The van der Waals surface area contributed by atoms with Gasteiger partial charge in [0.25, 0.3) is 0 Å². The maximum absolute atomic E-state index is 11.6. The van der Waals surface area contributed by atoms with Crippen molar-refractivity contribution in [3.63, 3.8) is 0 Å². The Labute approximate surface area is 112 Å². The summed E-state index contributed by atoms with van der Waals surface area (Å²) >= 11 is 0. The molecule has 3 amide bonds. The minimum absolute atomic E-state index is 0.140. The fourth-order valence-electron chi connectivity index (χ4n) is 1.20. The highest BCUT2D eigenvalue weighted by atomic mass is 16.4. The van der Waals surface area contributed by atoms with Crippen molar-refractivity contribution in [2.24, 2.45) is 0 Å². The molecular formula is C12H19N3O4. The van der Waals surface area contributed by atoms with Crippen molar-refractivity contribution in [3.05, 3.63) is 0 Å². The third-order valence-electron chi connectivity index (χ3n) is 1.81. The number of aliphatic carboxylic acids is 1. The average Bonchev–Trinajstić information content (AvgIpc) is 2.22. The Hall–Kier alpha value is -2.23. The maximum Gasteiger partial charge on any atom is 0.323 e. The molecule has 0 heterocycles. The summed E-state index contributed by atoms with van der Waals surface area (Å²) in [6.45, 7) is 4.53. The summed E-state index contributed by atoms with van der Waals surface area (Å²) in [5.41, 5.74) is -0.401. The van der Waals surface area contributed by atoms with Crippen LogP contribution in [-0.4, -0.2) is 53.1 Å². The number of carbonyl (C=O) groups excluding carboxylic acids is 2. The summed E-state index contributed by atoms with van der Waals surface area (Å²) in [6.07, 6.45) is 5.04. The van der Waals surface area contributed by atoms with Crippen LogP contribution in [0.2, 0.25) is 0 Å². The first-order chi connectivity index (χ1) is 8.65. The van der Waals surface area contributed by atoms with Crippen molar-refractivity contribution in [1.82, 2.24) is 15.5 Å². The van der Waals surface area contributed by atoms with E-state index < -0.39 is 24.1 Å². The second kappa shape index (κ2) is 7.26. The number of rotatable bonds is 5. The van der Waals surface area contributed by atoms with Gasteiger partial charge < -0.3 is 20.6 Å². The molecule has 0 saturated heterocycles. The van der Waals surface area contributed by atoms with Gasteiger partial charge in [-0.3, -0.25) is 9.59 Å². The molecule has 0 unspecified atom stereocenters. The van der Waals surface area contributed by atoms with Gasteiger partial charge in [0.15, 0.2) is 0 Å². The molecule has 0 saturated carbocycles. The molecule has 0 fully saturated rings. The van der Waals surface area contributed by atoms with E-state index in [0.29, 0.717) is 0 Å². The quantitative estimate of drug-likeness (QED) is 0.593. The Balaban J connectivity index is 4.30. The number of carbonyl (C=O) groups is 3. The van der Waals surface area contributed by atoms with Crippen LogP contribution in [0.25, 0.3) is 0 Å². The molecule has 3 N–H and O–H groups in total. The van der Waals surface area contributed by atoms with E-state index >= 15 is 0 Å². The highest BCUT2D eigenvalue weighted by Gasteiger charge is 2.18. The molecule has 0 spiro atoms. The lowest BCUT2D eigenvalue weighted by Crippen LogP contribution is -2.49. The van der Waals surface area contributed by atoms with Gasteiger partial charge in [0, 0.05) is 5.54 Å². The molecule has 19 heavy (non-hydrogen) atoms. The van der Waals surface area contributed by atoms with E-state index in [0.717, 1.165) is 4.90 Å². The van der Waals surface area contributed by atoms with Crippen LogP contribution in [-0.2, 0) is 9.59 Å². The number of nitrogens with zero attached hydrogens (tertiary/aromatic N) is 1. The van der Waals surface area contributed by atoms with Crippen LogP contribution < -0.4 is 10.6 Å². The van der Waals surface area contributed by atoms with Gasteiger partial charge in [-0.25, -0.2) is 4.79 Å². The van der Waals surface area contributed by atoms with Gasteiger partial charge in [0.2, 0.25) is 5.91 Å². The highest BCUT2D eigenvalue weighted by molar-refractivity contribution is 5.86. The summed E-state index contributed by atoms with van der Waals surface area (Å²) in [5.74, 6) is 0.641. The van der Waals surface area contributed by atoms with Crippen LogP contribution in [0.3, 0.4) is 0 Å². The molecule has 7 heteroatoms. The number of carboxylic acid groups (broad SMARTS) is 1. The summed E-state index contributed by atoms with van der Waals surface area (Å²) in [7, 11) is 0. The van der Waals surface area contributed by atoms with Crippen molar-refractivity contribution in [1.29, 1.82) is 0 Å². The van der Waals surface area contributed by atoms with Crippen LogP contribution in [0.15, 0.2) is 0 Å². The van der Waals surface area contributed by atoms with Gasteiger partial charge in [-0.1, -0.05) is 5.92 Å². The number of hydrogen-bond acceptors (Lipinski definition) is 3. The van der Waals surface area contributed by atoms with E-state index in [2.05, 4.69) is 16.6 Å². The van der Waals surface area contributed by atoms with E-state index in [1.165, 1.54) is 0 Å². The Morgan fingerprint density at radius 2 is 1.89 bits per heavy atom. The molecular weight excluding hydrogens is 250 g/mol. The third-order valence-corrected chi connectivity index (χ3v) is 1.81. The Bertz CT molecular complexity index is 393. The fraction of sp³-hybridized carbons (Fsp3) is 0.583. The zero-order chi connectivity index (χ0) is 15.1. The van der Waals surface area contributed by atoms with Crippen molar-refractivity contribution in [3.8, 4) is 12.3 Å². The molecule has 106 valence electrons. The first-order valence-corrected chi connectivity index (χ1v) is 5.64. The number of carboxylic acids is 1. The standard InChI is InChI=1S/C12H19N3O4/c1-5-6-15(8-10(17)18)11(19)13-7-9(16)14-12(2,3)4/h1H,6-8H2,2-4H3,(H,13,19)(H,14,16)(H,17,18). The van der Waals surface area contributed by atoms with Gasteiger partial charge in [-0.2, -0.15) is 0 Å². The first kappa shape index (κ1) is 16.8. The molecule has 0 aliphatic heterocycles. The van der Waals surface area contributed by atoms with Crippen LogP contribution >= 0.6 is 0 Å². The molecule has 0 rings (SSSR count). The largest absolute Gasteiger partial charge is 0.480 e. The number of hydrogen-bond donors (Lipinski definition) is 3. The molecule has 7 nitrogen and oxygen atoms in total. The van der Waals surface area contributed by atoms with E-state index in [-0.39, 0.29) is 19.0 Å². The zero-order valence-corrected chi connectivity index (χ0v) is 11.3. The second-order valence-electron chi connectivity index (χ2n) is 4.91. The highest BCUT2D eigenvalue weighted by Crippen LogP contribution is 1.97. The lowest BCUT2D eigenvalue weighted by molar-refractivity contribution is -0.137. The van der Waals surface area contributed by atoms with Gasteiger partial charge in [0.1, 0.15) is 6.54 Å². The molecule has 0 aliphatic rings. The lowest BCUT2D eigenvalue weighted by Gasteiger charge is -2.22. The smallest absolute Gasteiger partial charge is 0.323 e. The van der Waals surface area contributed by atoms with Crippen LogP contribution in [0, 0.1) is 12.3 Å². The van der Waals surface area contributed by atoms with E-state index in [4.69, 9.17) is 11.5 Å². The van der Waals surface area contributed by atoms with Crippen molar-refractivity contribution in [2.45, 2.75) is 26.3 Å². The number of nitrogens with one attached hydrogen (secondary N) is 2. The van der Waals surface area contributed by atoms with Gasteiger partial charge in [-0.15, -0.1) is 6.42 Å². The fourth-order valence-corrected chi connectivity index (χ4v) is 1.20. The number of amides is 3. The molecule has 0 radical (unpaired) electrons. The topological polar surface area (TPSA) is 98.7 Å².